The van der Waals surface area contributed by atoms with Crippen molar-refractivity contribution in [3.63, 3.8) is 0 Å². The van der Waals surface area contributed by atoms with Crippen LogP contribution in [-0.4, -0.2) is 28.6 Å². The first-order chi connectivity index (χ1) is 11.2. The Kier molecular flexibility index (Phi) is 4.77. The quantitative estimate of drug-likeness (QED) is 0.912. The number of hydrogen-bond donors (Lipinski definition) is 1. The molecule has 1 saturated heterocycles. The molecule has 2 aromatic rings. The van der Waals surface area contributed by atoms with Gasteiger partial charge in [0.05, 0.1) is 0 Å². The highest BCUT2D eigenvalue weighted by Crippen LogP contribution is 2.30. The van der Waals surface area contributed by atoms with Crippen LogP contribution in [0.25, 0.3) is 11.1 Å². The van der Waals surface area contributed by atoms with Gasteiger partial charge in [-0.2, -0.15) is 0 Å². The monoisotopic (exact) mass is 309 g/mol. The van der Waals surface area contributed by atoms with E-state index in [9.17, 15) is 9.90 Å². The minimum atomic E-state index is -0.697. The standard InChI is InChI=1S/C20H23NO2/c1-15(21-14-6-5-9-19(21)20(22)23)16-10-12-18(13-11-16)17-7-3-2-4-8-17/h2-4,7-8,10-13,15,19H,5-6,9,14H2,1H3,(H,22,23). The summed E-state index contributed by atoms with van der Waals surface area (Å²) in [5.41, 5.74) is 3.57. The minimum absolute atomic E-state index is 0.126. The zero-order valence-electron chi connectivity index (χ0n) is 13.5. The van der Waals surface area contributed by atoms with Crippen LogP contribution in [0, 0.1) is 0 Å². The third-order valence-corrected chi connectivity index (χ3v) is 4.83. The van der Waals surface area contributed by atoms with E-state index in [4.69, 9.17) is 0 Å². The van der Waals surface area contributed by atoms with E-state index < -0.39 is 5.97 Å². The van der Waals surface area contributed by atoms with Gasteiger partial charge in [0.25, 0.3) is 0 Å². The van der Waals surface area contributed by atoms with Crippen molar-refractivity contribution in [2.24, 2.45) is 0 Å². The molecule has 1 heterocycles. The second kappa shape index (κ2) is 6.97. The first kappa shape index (κ1) is 15.8. The van der Waals surface area contributed by atoms with Crippen molar-refractivity contribution >= 4 is 5.97 Å². The molecule has 0 amide bonds. The molecule has 120 valence electrons. The Morgan fingerprint density at radius 1 is 1.04 bits per heavy atom. The van der Waals surface area contributed by atoms with Crippen LogP contribution >= 0.6 is 0 Å². The number of piperidine rings is 1. The van der Waals surface area contributed by atoms with Crippen molar-refractivity contribution in [3.8, 4) is 11.1 Å². The second-order valence-electron chi connectivity index (χ2n) is 6.25. The molecule has 1 fully saturated rings. The summed E-state index contributed by atoms with van der Waals surface area (Å²) in [6.07, 6.45) is 2.84. The lowest BCUT2D eigenvalue weighted by Crippen LogP contribution is -2.45. The Hall–Kier alpha value is -2.13. The van der Waals surface area contributed by atoms with Gasteiger partial charge in [0.1, 0.15) is 6.04 Å². The summed E-state index contributed by atoms with van der Waals surface area (Å²) in [4.78, 5) is 13.6. The summed E-state index contributed by atoms with van der Waals surface area (Å²) in [7, 11) is 0. The fourth-order valence-corrected chi connectivity index (χ4v) is 3.46. The van der Waals surface area contributed by atoms with E-state index >= 15 is 0 Å². The van der Waals surface area contributed by atoms with Crippen LogP contribution in [0.5, 0.6) is 0 Å². The summed E-state index contributed by atoms with van der Waals surface area (Å²) in [5.74, 6) is -0.697. The Labute approximate surface area is 137 Å². The molecule has 2 unspecified atom stereocenters. The molecule has 1 aliphatic heterocycles. The number of carbonyl (C=O) groups is 1. The van der Waals surface area contributed by atoms with E-state index in [0.29, 0.717) is 0 Å². The molecule has 3 heteroatoms. The van der Waals surface area contributed by atoms with Gasteiger partial charge in [-0.15, -0.1) is 0 Å². The second-order valence-corrected chi connectivity index (χ2v) is 6.25. The molecular formula is C20H23NO2. The van der Waals surface area contributed by atoms with Gasteiger partial charge in [-0.05, 0) is 43.0 Å². The first-order valence-corrected chi connectivity index (χ1v) is 8.31. The Balaban J connectivity index is 1.79. The molecule has 2 aromatic carbocycles. The zero-order chi connectivity index (χ0) is 16.2. The molecule has 3 rings (SSSR count). The van der Waals surface area contributed by atoms with Crippen LogP contribution in [0.1, 0.15) is 37.8 Å². The zero-order valence-corrected chi connectivity index (χ0v) is 13.5. The van der Waals surface area contributed by atoms with Crippen LogP contribution < -0.4 is 0 Å². The summed E-state index contributed by atoms with van der Waals surface area (Å²) >= 11 is 0. The van der Waals surface area contributed by atoms with E-state index in [1.807, 2.05) is 18.2 Å². The van der Waals surface area contributed by atoms with E-state index in [-0.39, 0.29) is 12.1 Å². The Morgan fingerprint density at radius 2 is 1.70 bits per heavy atom. The van der Waals surface area contributed by atoms with Crippen molar-refractivity contribution in [3.05, 3.63) is 60.2 Å². The van der Waals surface area contributed by atoms with E-state index in [1.165, 1.54) is 16.7 Å². The van der Waals surface area contributed by atoms with Crippen LogP contribution in [0.4, 0.5) is 0 Å². The topological polar surface area (TPSA) is 40.5 Å². The molecular weight excluding hydrogens is 286 g/mol. The largest absolute Gasteiger partial charge is 0.480 e. The Morgan fingerprint density at radius 3 is 2.35 bits per heavy atom. The smallest absolute Gasteiger partial charge is 0.320 e. The molecule has 3 nitrogen and oxygen atoms in total. The lowest BCUT2D eigenvalue weighted by atomic mass is 9.96. The first-order valence-electron chi connectivity index (χ1n) is 8.31. The van der Waals surface area contributed by atoms with Gasteiger partial charge >= 0.3 is 5.97 Å². The highest BCUT2D eigenvalue weighted by molar-refractivity contribution is 5.73. The SMILES string of the molecule is CC(c1ccc(-c2ccccc2)cc1)N1CCCCC1C(=O)O. The van der Waals surface area contributed by atoms with Crippen molar-refractivity contribution < 1.29 is 9.90 Å². The number of carboxylic acids is 1. The molecule has 0 spiro atoms. The van der Waals surface area contributed by atoms with Crippen molar-refractivity contribution in [1.82, 2.24) is 4.90 Å². The maximum Gasteiger partial charge on any atom is 0.320 e. The number of nitrogens with zero attached hydrogens (tertiary/aromatic N) is 1. The van der Waals surface area contributed by atoms with Gasteiger partial charge in [-0.25, -0.2) is 0 Å². The van der Waals surface area contributed by atoms with Gasteiger partial charge in [0.15, 0.2) is 0 Å². The average molecular weight is 309 g/mol. The van der Waals surface area contributed by atoms with Gasteiger partial charge in [0, 0.05) is 6.04 Å². The maximum atomic E-state index is 11.5. The third kappa shape index (κ3) is 3.45. The van der Waals surface area contributed by atoms with Crippen LogP contribution in [0.2, 0.25) is 0 Å². The van der Waals surface area contributed by atoms with Crippen molar-refractivity contribution in [2.75, 3.05) is 6.54 Å². The Bertz CT molecular complexity index is 651. The van der Waals surface area contributed by atoms with Gasteiger partial charge in [-0.1, -0.05) is 61.0 Å². The molecule has 0 radical (unpaired) electrons. The van der Waals surface area contributed by atoms with Crippen molar-refractivity contribution in [2.45, 2.75) is 38.3 Å². The van der Waals surface area contributed by atoms with E-state index in [2.05, 4.69) is 48.2 Å². The summed E-state index contributed by atoms with van der Waals surface area (Å²) in [5, 5.41) is 9.46. The molecule has 0 aromatic heterocycles. The minimum Gasteiger partial charge on any atom is -0.480 e. The summed E-state index contributed by atoms with van der Waals surface area (Å²) < 4.78 is 0. The number of benzene rings is 2. The predicted molar refractivity (Wildman–Crippen MR) is 92.3 cm³/mol. The van der Waals surface area contributed by atoms with E-state index in [0.717, 1.165) is 25.8 Å². The van der Waals surface area contributed by atoms with Gasteiger partial charge in [-0.3, -0.25) is 9.69 Å². The molecule has 0 aliphatic carbocycles. The highest BCUT2D eigenvalue weighted by atomic mass is 16.4. The van der Waals surface area contributed by atoms with Gasteiger partial charge < -0.3 is 5.11 Å². The molecule has 1 aliphatic rings. The lowest BCUT2D eigenvalue weighted by molar-refractivity contribution is -0.145. The normalized spacial score (nSPS) is 20.1. The predicted octanol–water partition coefficient (Wildman–Crippen LogP) is 4.35. The molecule has 1 N–H and O–H groups in total. The number of rotatable bonds is 4. The van der Waals surface area contributed by atoms with Crippen molar-refractivity contribution in [1.29, 1.82) is 0 Å². The fraction of sp³-hybridized carbons (Fsp3) is 0.350. The molecule has 0 saturated carbocycles. The number of carboxylic acid groups (broad SMARTS) is 1. The molecule has 23 heavy (non-hydrogen) atoms. The highest BCUT2D eigenvalue weighted by Gasteiger charge is 2.32. The number of hydrogen-bond acceptors (Lipinski definition) is 2. The number of aliphatic carboxylic acids is 1. The van der Waals surface area contributed by atoms with Crippen LogP contribution in [0.15, 0.2) is 54.6 Å². The third-order valence-electron chi connectivity index (χ3n) is 4.83. The number of likely N-dealkylation sites (tertiary alicyclic amines) is 1. The lowest BCUT2D eigenvalue weighted by Gasteiger charge is -2.37. The van der Waals surface area contributed by atoms with Crippen LogP contribution in [0.3, 0.4) is 0 Å². The summed E-state index contributed by atoms with van der Waals surface area (Å²) in [6.45, 7) is 2.97. The van der Waals surface area contributed by atoms with Gasteiger partial charge in [0.2, 0.25) is 0 Å². The maximum absolute atomic E-state index is 11.5. The summed E-state index contributed by atoms with van der Waals surface area (Å²) in [6, 6.07) is 18.6. The molecule has 0 bridgehead atoms. The average Bonchev–Trinajstić information content (AvgIpc) is 2.62. The van der Waals surface area contributed by atoms with Crippen LogP contribution in [-0.2, 0) is 4.79 Å². The molecule has 2 atom stereocenters. The van der Waals surface area contributed by atoms with E-state index in [1.54, 1.807) is 0 Å². The fourth-order valence-electron chi connectivity index (χ4n) is 3.46.